The lowest BCUT2D eigenvalue weighted by atomic mass is 9.97. The van der Waals surface area contributed by atoms with Crippen molar-refractivity contribution in [3.05, 3.63) is 46.2 Å². The first-order valence-corrected chi connectivity index (χ1v) is 11.0. The van der Waals surface area contributed by atoms with Gasteiger partial charge in [-0.1, -0.05) is 6.07 Å². The standard InChI is InChI=1S/C22H31N3O3S/c1-16(20-13-18(27-2)6-7-21(20)28-3)24-22(26)23-14-17-8-10-25(11-9-17)15-19-5-4-12-29-19/h4-7,12-13,16-17H,8-11,14-15H2,1-3H3,(H2,23,24,26). The Balaban J connectivity index is 1.42. The summed E-state index contributed by atoms with van der Waals surface area (Å²) >= 11 is 1.82. The molecule has 2 heterocycles. The molecule has 1 atom stereocenters. The summed E-state index contributed by atoms with van der Waals surface area (Å²) < 4.78 is 10.7. The molecule has 2 N–H and O–H groups in total. The summed E-state index contributed by atoms with van der Waals surface area (Å²) in [7, 11) is 3.26. The highest BCUT2D eigenvalue weighted by Crippen LogP contribution is 2.29. The Morgan fingerprint density at radius 2 is 2.03 bits per heavy atom. The van der Waals surface area contributed by atoms with Gasteiger partial charge in [0.15, 0.2) is 0 Å². The zero-order valence-electron chi connectivity index (χ0n) is 17.4. The number of thiophene rings is 1. The van der Waals surface area contributed by atoms with Gasteiger partial charge >= 0.3 is 6.03 Å². The highest BCUT2D eigenvalue weighted by atomic mass is 32.1. The molecule has 1 aromatic heterocycles. The normalized spacial score (nSPS) is 16.2. The second kappa shape index (κ2) is 10.5. The van der Waals surface area contributed by atoms with Crippen molar-refractivity contribution in [2.24, 2.45) is 5.92 Å². The summed E-state index contributed by atoms with van der Waals surface area (Å²) in [5.74, 6) is 2.00. The van der Waals surface area contributed by atoms with Crippen molar-refractivity contribution in [1.82, 2.24) is 15.5 Å². The average Bonchev–Trinajstić information content (AvgIpc) is 3.25. The van der Waals surface area contributed by atoms with Crippen LogP contribution in [0.15, 0.2) is 35.7 Å². The number of likely N-dealkylation sites (tertiary alicyclic amines) is 1. The van der Waals surface area contributed by atoms with Crippen LogP contribution in [0.3, 0.4) is 0 Å². The van der Waals surface area contributed by atoms with E-state index >= 15 is 0 Å². The van der Waals surface area contributed by atoms with E-state index in [9.17, 15) is 4.79 Å². The van der Waals surface area contributed by atoms with Gasteiger partial charge in [-0.05, 0) is 68.4 Å². The number of hydrogen-bond acceptors (Lipinski definition) is 5. The first-order chi connectivity index (χ1) is 14.1. The Hall–Kier alpha value is -2.25. The maximum atomic E-state index is 12.4. The summed E-state index contributed by atoms with van der Waals surface area (Å²) in [6, 6.07) is 9.57. The Morgan fingerprint density at radius 3 is 2.69 bits per heavy atom. The highest BCUT2D eigenvalue weighted by Gasteiger charge is 2.21. The van der Waals surface area contributed by atoms with Crippen LogP contribution < -0.4 is 20.1 Å². The number of nitrogens with zero attached hydrogens (tertiary/aromatic N) is 1. The fraction of sp³-hybridized carbons (Fsp3) is 0.500. The van der Waals surface area contributed by atoms with E-state index in [2.05, 4.69) is 33.0 Å². The number of ether oxygens (including phenoxy) is 2. The number of methoxy groups -OCH3 is 2. The molecule has 6 nitrogen and oxygen atoms in total. The van der Waals surface area contributed by atoms with Gasteiger partial charge in [0.05, 0.1) is 20.3 Å². The molecule has 1 fully saturated rings. The topological polar surface area (TPSA) is 62.8 Å². The molecule has 1 unspecified atom stereocenters. The van der Waals surface area contributed by atoms with E-state index in [1.54, 1.807) is 14.2 Å². The number of amides is 2. The average molecular weight is 418 g/mol. The molecule has 158 valence electrons. The zero-order valence-corrected chi connectivity index (χ0v) is 18.3. The van der Waals surface area contributed by atoms with Gasteiger partial charge in [-0.3, -0.25) is 4.90 Å². The van der Waals surface area contributed by atoms with Crippen LogP contribution >= 0.6 is 11.3 Å². The van der Waals surface area contributed by atoms with E-state index < -0.39 is 0 Å². The van der Waals surface area contributed by atoms with Crippen LogP contribution in [0.4, 0.5) is 4.79 Å². The van der Waals surface area contributed by atoms with E-state index in [4.69, 9.17) is 9.47 Å². The minimum Gasteiger partial charge on any atom is -0.497 e. The lowest BCUT2D eigenvalue weighted by molar-refractivity contribution is 0.176. The van der Waals surface area contributed by atoms with Gasteiger partial charge < -0.3 is 20.1 Å². The van der Waals surface area contributed by atoms with Crippen LogP contribution in [0.25, 0.3) is 0 Å². The van der Waals surface area contributed by atoms with Gasteiger partial charge in [0.2, 0.25) is 0 Å². The molecule has 0 saturated carbocycles. The first kappa shape index (κ1) is 21.5. The maximum absolute atomic E-state index is 12.4. The molecule has 7 heteroatoms. The molecule has 2 amide bonds. The van der Waals surface area contributed by atoms with Crippen LogP contribution in [0.1, 0.15) is 36.2 Å². The Morgan fingerprint density at radius 1 is 1.24 bits per heavy atom. The fourth-order valence-electron chi connectivity index (χ4n) is 3.71. The van der Waals surface area contributed by atoms with E-state index in [0.29, 0.717) is 12.5 Å². The second-order valence-electron chi connectivity index (χ2n) is 7.48. The van der Waals surface area contributed by atoms with E-state index in [1.165, 1.54) is 4.88 Å². The molecule has 1 aliphatic rings. The number of carbonyl (C=O) groups excluding carboxylic acids is 1. The van der Waals surface area contributed by atoms with Gasteiger partial charge in [-0.2, -0.15) is 0 Å². The number of carbonyl (C=O) groups is 1. The van der Waals surface area contributed by atoms with Gasteiger partial charge in [0.1, 0.15) is 11.5 Å². The molecule has 2 aromatic rings. The summed E-state index contributed by atoms with van der Waals surface area (Å²) in [6.45, 7) is 5.87. The van der Waals surface area contributed by atoms with Crippen LogP contribution in [-0.4, -0.2) is 44.8 Å². The van der Waals surface area contributed by atoms with Crippen molar-refractivity contribution in [3.8, 4) is 11.5 Å². The first-order valence-electron chi connectivity index (χ1n) is 10.1. The smallest absolute Gasteiger partial charge is 0.315 e. The summed E-state index contributed by atoms with van der Waals surface area (Å²) in [4.78, 5) is 16.3. The largest absolute Gasteiger partial charge is 0.497 e. The molecule has 0 aliphatic carbocycles. The zero-order chi connectivity index (χ0) is 20.6. The van der Waals surface area contributed by atoms with Crippen LogP contribution in [0, 0.1) is 5.92 Å². The fourth-order valence-corrected chi connectivity index (χ4v) is 4.46. The molecule has 0 bridgehead atoms. The number of piperidine rings is 1. The number of rotatable bonds is 8. The molecular formula is C22H31N3O3S. The van der Waals surface area contributed by atoms with Gasteiger partial charge in [-0.15, -0.1) is 11.3 Å². The monoisotopic (exact) mass is 417 g/mol. The molecule has 3 rings (SSSR count). The van der Waals surface area contributed by atoms with Crippen molar-refractivity contribution in [2.45, 2.75) is 32.4 Å². The SMILES string of the molecule is COc1ccc(OC)c(C(C)NC(=O)NCC2CCN(Cc3cccs3)CC2)c1. The number of benzene rings is 1. The lowest BCUT2D eigenvalue weighted by Gasteiger charge is -2.31. The Labute approximate surface area is 177 Å². The van der Waals surface area contributed by atoms with Crippen LogP contribution in [0.5, 0.6) is 11.5 Å². The number of urea groups is 1. The third-order valence-corrected chi connectivity index (χ3v) is 6.33. The Bertz CT molecular complexity index is 774. The van der Waals surface area contributed by atoms with E-state index in [-0.39, 0.29) is 12.1 Å². The van der Waals surface area contributed by atoms with Crippen molar-refractivity contribution < 1.29 is 14.3 Å². The van der Waals surface area contributed by atoms with Gasteiger partial charge in [-0.25, -0.2) is 4.79 Å². The van der Waals surface area contributed by atoms with Crippen molar-refractivity contribution in [3.63, 3.8) is 0 Å². The third-order valence-electron chi connectivity index (χ3n) is 5.47. The molecule has 0 radical (unpaired) electrons. The van der Waals surface area contributed by atoms with E-state index in [1.807, 2.05) is 36.5 Å². The van der Waals surface area contributed by atoms with E-state index in [0.717, 1.165) is 49.5 Å². The van der Waals surface area contributed by atoms with Crippen LogP contribution in [0.2, 0.25) is 0 Å². The van der Waals surface area contributed by atoms with Crippen molar-refractivity contribution in [2.75, 3.05) is 33.9 Å². The lowest BCUT2D eigenvalue weighted by Crippen LogP contribution is -2.42. The number of hydrogen-bond donors (Lipinski definition) is 2. The summed E-state index contributed by atoms with van der Waals surface area (Å²) in [5, 5.41) is 8.18. The third kappa shape index (κ3) is 6.11. The van der Waals surface area contributed by atoms with Gasteiger partial charge in [0, 0.05) is 23.5 Å². The molecule has 0 spiro atoms. The Kier molecular flexibility index (Phi) is 7.77. The maximum Gasteiger partial charge on any atom is 0.315 e. The summed E-state index contributed by atoms with van der Waals surface area (Å²) in [6.07, 6.45) is 2.23. The predicted octanol–water partition coefficient (Wildman–Crippen LogP) is 4.04. The summed E-state index contributed by atoms with van der Waals surface area (Å²) in [5.41, 5.74) is 0.892. The molecular weight excluding hydrogens is 386 g/mol. The molecule has 1 aromatic carbocycles. The molecule has 1 aliphatic heterocycles. The highest BCUT2D eigenvalue weighted by molar-refractivity contribution is 7.09. The van der Waals surface area contributed by atoms with Gasteiger partial charge in [0.25, 0.3) is 0 Å². The van der Waals surface area contributed by atoms with Crippen LogP contribution in [-0.2, 0) is 6.54 Å². The predicted molar refractivity (Wildman–Crippen MR) is 117 cm³/mol. The minimum absolute atomic E-state index is 0.150. The molecule has 29 heavy (non-hydrogen) atoms. The number of nitrogens with one attached hydrogen (secondary N) is 2. The minimum atomic E-state index is -0.187. The van der Waals surface area contributed by atoms with Crippen molar-refractivity contribution in [1.29, 1.82) is 0 Å². The second-order valence-corrected chi connectivity index (χ2v) is 8.52. The van der Waals surface area contributed by atoms with Crippen molar-refractivity contribution >= 4 is 17.4 Å². The molecule has 1 saturated heterocycles. The quantitative estimate of drug-likeness (QED) is 0.681.